The van der Waals surface area contributed by atoms with E-state index in [0.717, 1.165) is 121 Å². The molecule has 0 spiro atoms. The minimum Gasteiger partial charge on any atom is -0.354 e. The summed E-state index contributed by atoms with van der Waals surface area (Å²) in [4.78, 5) is 47.7. The Labute approximate surface area is 474 Å². The molecule has 0 aliphatic carbocycles. The fraction of sp³-hybridized carbons (Fsp3) is 0.196. The van der Waals surface area contributed by atoms with Gasteiger partial charge in [-0.3, -0.25) is 29.7 Å². The maximum atomic E-state index is 13.3. The number of hydrogen-bond donors (Lipinski definition) is 5. The van der Waals surface area contributed by atoms with Gasteiger partial charge in [-0.1, -0.05) is 118 Å². The Balaban J connectivity index is 0.000000150. The number of benzene rings is 6. The van der Waals surface area contributed by atoms with E-state index in [1.165, 1.54) is 4.90 Å². The zero-order valence-electron chi connectivity index (χ0n) is 41.2. The van der Waals surface area contributed by atoms with Crippen LogP contribution < -0.4 is 35.6 Å². The van der Waals surface area contributed by atoms with Gasteiger partial charge in [-0.15, -0.1) is 0 Å². The second-order valence-corrected chi connectivity index (χ2v) is 20.7. The van der Waals surface area contributed by atoms with Crippen LogP contribution in [0.15, 0.2) is 134 Å². The molecule has 0 saturated carbocycles. The second-order valence-electron chi connectivity index (χ2n) is 18.3. The number of H-pyrrole nitrogens is 2. The van der Waals surface area contributed by atoms with Gasteiger partial charge in [0, 0.05) is 122 Å². The molecule has 6 aromatic carbocycles. The first-order chi connectivity index (χ1) is 37.5. The van der Waals surface area contributed by atoms with Gasteiger partial charge in [0.1, 0.15) is 17.9 Å². The lowest BCUT2D eigenvalue weighted by atomic mass is 9.93. The summed E-state index contributed by atoms with van der Waals surface area (Å²) in [6.45, 7) is 9.26. The first-order valence-corrected chi connectivity index (χ1v) is 27.0. The summed E-state index contributed by atoms with van der Waals surface area (Å²) in [5.74, 6) is 2.17. The number of aromatic nitrogens is 4. The fourth-order valence-electron chi connectivity index (χ4n) is 9.88. The van der Waals surface area contributed by atoms with Gasteiger partial charge in [-0.2, -0.15) is 10.2 Å². The summed E-state index contributed by atoms with van der Waals surface area (Å²) in [5.41, 5.74) is 8.81. The van der Waals surface area contributed by atoms with Crippen LogP contribution in [0, 0.1) is 0 Å². The van der Waals surface area contributed by atoms with Crippen LogP contribution in [0.5, 0.6) is 0 Å². The third-order valence-electron chi connectivity index (χ3n) is 13.6. The molecule has 0 unspecified atom stereocenters. The maximum absolute atomic E-state index is 13.3. The number of urea groups is 2. The molecule has 2 aromatic heterocycles. The van der Waals surface area contributed by atoms with Crippen molar-refractivity contribution in [1.29, 1.82) is 0 Å². The molecular formula is C56H50Cl6N12O3. The van der Waals surface area contributed by atoms with Crippen molar-refractivity contribution in [3.63, 3.8) is 0 Å². The molecule has 12 rings (SSSR count). The minimum atomic E-state index is -0.379. The summed E-state index contributed by atoms with van der Waals surface area (Å²) in [5, 5.41) is 25.8. The number of fused-ring (bicyclic) bond motifs is 2. The van der Waals surface area contributed by atoms with Crippen molar-refractivity contribution in [1.82, 2.24) is 41.2 Å². The van der Waals surface area contributed by atoms with Crippen molar-refractivity contribution in [3.05, 3.63) is 186 Å². The molecule has 2 fully saturated rings. The number of rotatable bonds is 9. The molecule has 5 N–H and O–H groups in total. The van der Waals surface area contributed by atoms with Crippen LogP contribution in [0.4, 0.5) is 44.0 Å². The van der Waals surface area contributed by atoms with Crippen molar-refractivity contribution < 1.29 is 14.4 Å². The molecule has 77 heavy (non-hydrogen) atoms. The monoisotopic (exact) mass is 1150 g/mol. The van der Waals surface area contributed by atoms with E-state index in [4.69, 9.17) is 69.6 Å². The molecule has 4 aliphatic heterocycles. The Morgan fingerprint density at radius 1 is 0.494 bits per heavy atom. The molecule has 8 aromatic rings. The van der Waals surface area contributed by atoms with Crippen molar-refractivity contribution in [2.45, 2.75) is 19.6 Å². The smallest absolute Gasteiger partial charge is 0.326 e. The van der Waals surface area contributed by atoms with Gasteiger partial charge in [-0.05, 0) is 77.4 Å². The largest absolute Gasteiger partial charge is 0.354 e. The van der Waals surface area contributed by atoms with Gasteiger partial charge in [0.2, 0.25) is 0 Å². The number of piperazine rings is 2. The summed E-state index contributed by atoms with van der Waals surface area (Å²) < 4.78 is 0. The third-order valence-corrected chi connectivity index (χ3v) is 15.5. The van der Waals surface area contributed by atoms with Crippen LogP contribution in [0.25, 0.3) is 22.3 Å². The number of aromatic amines is 2. The highest BCUT2D eigenvalue weighted by molar-refractivity contribution is 6.41. The quantitative estimate of drug-likeness (QED) is 0.0886. The van der Waals surface area contributed by atoms with Crippen molar-refractivity contribution in [2.24, 2.45) is 0 Å². The molecule has 0 radical (unpaired) electrons. The lowest BCUT2D eigenvalue weighted by Crippen LogP contribution is -2.46. The number of halogens is 6. The second kappa shape index (κ2) is 24.3. The number of aldehydes is 1. The van der Waals surface area contributed by atoms with E-state index in [1.54, 1.807) is 71.9 Å². The molecule has 394 valence electrons. The number of nitrogens with zero attached hydrogens (tertiary/aromatic N) is 7. The predicted octanol–water partition coefficient (Wildman–Crippen LogP) is 13.0. The standard InChI is InChI=1S/C28H25Cl3N6O.C21H13Cl3N2O2.C7H12N4/c29-22-5-2-1-4-19(22)20-14-18(17-35-10-12-36(13-11-35)26-8-9-33-34-26)15-25-21(20)16-32-28(38)37(25)27-23(30)6-3-7-24(27)31;22-16-5-2-1-4-13(16)14-8-12(11-27)9-19-15(14)10-25-21(28)26(19)20-17(23)6-3-7-18(20)24;1-2-9-10-7(1)11-5-3-8-4-6-11/h1-9,14-15H,10-13,16-17H2,(H,32,38)(H,33,34);1-9,11H,10H2,(H,25,28);1-2,8H,3-6H2,(H,9,10). The Hall–Kier alpha value is -6.79. The third kappa shape index (κ3) is 11.7. The number of amides is 4. The van der Waals surface area contributed by atoms with Gasteiger partial charge in [0.15, 0.2) is 0 Å². The SMILES string of the molecule is O=C1NCc2c(-c3ccccc3Cl)cc(CN3CCN(c4ccn[nH]4)CC3)cc2N1c1c(Cl)cccc1Cl.O=Cc1cc(-c2ccccc2Cl)c2c(c1)N(c1c(Cl)cccc1Cl)C(=O)NC2.c1cc(N2CCNCC2)[nH]n1. The van der Waals surface area contributed by atoms with Crippen LogP contribution in [-0.4, -0.2) is 96.0 Å². The molecule has 0 atom stereocenters. The van der Waals surface area contributed by atoms with E-state index >= 15 is 0 Å². The summed E-state index contributed by atoms with van der Waals surface area (Å²) in [6.07, 6.45) is 4.30. The van der Waals surface area contributed by atoms with Gasteiger partial charge < -0.3 is 25.8 Å². The van der Waals surface area contributed by atoms with Gasteiger partial charge in [-0.25, -0.2) is 9.59 Å². The molecular weight excluding hydrogens is 1100 g/mol. The fourth-order valence-corrected chi connectivity index (χ4v) is 11.5. The van der Waals surface area contributed by atoms with Crippen LogP contribution in [0.1, 0.15) is 27.0 Å². The number of hydrogen-bond acceptors (Lipinski definition) is 9. The maximum Gasteiger partial charge on any atom is 0.326 e. The Morgan fingerprint density at radius 3 is 1.42 bits per heavy atom. The van der Waals surface area contributed by atoms with Crippen molar-refractivity contribution in [3.8, 4) is 22.3 Å². The zero-order chi connectivity index (χ0) is 53.6. The van der Waals surface area contributed by atoms with Crippen LogP contribution in [0.3, 0.4) is 0 Å². The average molecular weight is 1150 g/mol. The average Bonchev–Trinajstić information content (AvgIpc) is 4.20. The summed E-state index contributed by atoms with van der Waals surface area (Å²) in [6, 6.07) is 36.4. The normalized spacial score (nSPS) is 15.3. The number of carbonyl (C=O) groups excluding carboxylic acids is 3. The Bertz CT molecular complexity index is 3380. The number of nitrogens with one attached hydrogen (secondary N) is 5. The van der Waals surface area contributed by atoms with Crippen LogP contribution in [0.2, 0.25) is 30.1 Å². The molecule has 4 amide bonds. The molecule has 4 aliphatic rings. The molecule has 0 bridgehead atoms. The molecule has 21 heteroatoms. The van der Waals surface area contributed by atoms with Gasteiger partial charge in [0.05, 0.1) is 55.2 Å². The van der Waals surface area contributed by atoms with Crippen molar-refractivity contribution >= 4 is 122 Å². The first kappa shape index (κ1) is 53.6. The van der Waals surface area contributed by atoms with E-state index in [1.807, 2.05) is 54.6 Å². The molecule has 6 heterocycles. The number of anilines is 6. The molecule has 2 saturated heterocycles. The highest BCUT2D eigenvalue weighted by Gasteiger charge is 2.33. The van der Waals surface area contributed by atoms with Crippen LogP contribution >= 0.6 is 69.6 Å². The van der Waals surface area contributed by atoms with Crippen LogP contribution in [-0.2, 0) is 19.6 Å². The lowest BCUT2D eigenvalue weighted by molar-refractivity contribution is 0.112. The van der Waals surface area contributed by atoms with E-state index in [-0.39, 0.29) is 18.6 Å². The Kier molecular flexibility index (Phi) is 16.9. The van der Waals surface area contributed by atoms with Gasteiger partial charge in [0.25, 0.3) is 0 Å². The highest BCUT2D eigenvalue weighted by atomic mass is 35.5. The van der Waals surface area contributed by atoms with Crippen molar-refractivity contribution in [2.75, 3.05) is 72.0 Å². The summed E-state index contributed by atoms with van der Waals surface area (Å²) >= 11 is 38.9. The predicted molar refractivity (Wildman–Crippen MR) is 311 cm³/mol. The van der Waals surface area contributed by atoms with E-state index in [9.17, 15) is 14.4 Å². The Morgan fingerprint density at radius 2 is 0.948 bits per heavy atom. The topological polar surface area (TPSA) is 161 Å². The van der Waals surface area contributed by atoms with Gasteiger partial charge >= 0.3 is 12.1 Å². The van der Waals surface area contributed by atoms with E-state index in [0.29, 0.717) is 59.3 Å². The molecule has 15 nitrogen and oxygen atoms in total. The summed E-state index contributed by atoms with van der Waals surface area (Å²) in [7, 11) is 0. The lowest BCUT2D eigenvalue weighted by Gasteiger charge is -2.36. The first-order valence-electron chi connectivity index (χ1n) is 24.7. The number of carbonyl (C=O) groups is 3. The zero-order valence-corrected chi connectivity index (χ0v) is 45.7. The number of para-hydroxylation sites is 2. The highest BCUT2D eigenvalue weighted by Crippen LogP contribution is 2.47. The van der Waals surface area contributed by atoms with E-state index < -0.39 is 0 Å². The van der Waals surface area contributed by atoms with E-state index in [2.05, 4.69) is 63.2 Å². The minimum absolute atomic E-state index is 0.275.